The Labute approximate surface area is 263 Å². The topological polar surface area (TPSA) is 65.8 Å². The second-order valence-electron chi connectivity index (χ2n) is 11.7. The van der Waals surface area contributed by atoms with Crippen LogP contribution in [0.15, 0.2) is 103 Å². The Morgan fingerprint density at radius 2 is 1.62 bits per heavy atom. The first kappa shape index (κ1) is 28.9. The molecule has 0 atom stereocenters. The van der Waals surface area contributed by atoms with Crippen molar-refractivity contribution in [3.05, 3.63) is 131 Å². The van der Waals surface area contributed by atoms with Crippen LogP contribution in [0.3, 0.4) is 0 Å². The molecule has 0 amide bonds. The number of carbonyl (C=O) groups is 1. The van der Waals surface area contributed by atoms with Crippen molar-refractivity contribution < 1.29 is 19.0 Å². The second-order valence-corrected chi connectivity index (χ2v) is 11.7. The monoisotopic (exact) mass is 599 g/mol. The highest BCUT2D eigenvalue weighted by atomic mass is 16.7. The van der Waals surface area contributed by atoms with Crippen LogP contribution in [0.5, 0.6) is 11.6 Å². The Morgan fingerprint density at radius 1 is 0.844 bits per heavy atom. The van der Waals surface area contributed by atoms with Gasteiger partial charge in [0.05, 0.1) is 13.3 Å². The van der Waals surface area contributed by atoms with Gasteiger partial charge in [-0.1, -0.05) is 84.4 Å². The number of methoxy groups -OCH3 is 1. The minimum absolute atomic E-state index is 0.421. The predicted molar refractivity (Wildman–Crippen MR) is 176 cm³/mol. The van der Waals surface area contributed by atoms with Crippen molar-refractivity contribution in [1.82, 2.24) is 14.5 Å². The van der Waals surface area contributed by atoms with Crippen LogP contribution in [-0.4, -0.2) is 47.4 Å². The molecule has 2 aliphatic heterocycles. The molecular formula is C38H37N3O4. The number of likely N-dealkylation sites (tertiary alicyclic amines) is 1. The number of carbonyl (C=O) groups excluding carboxylic acids is 1. The highest BCUT2D eigenvalue weighted by Gasteiger charge is 2.27. The number of imidazole rings is 1. The third-order valence-corrected chi connectivity index (χ3v) is 9.02. The number of aryl methyl sites for hydroxylation is 1. The molecule has 0 aliphatic carbocycles. The normalized spacial score (nSPS) is 14.9. The fraction of sp³-hybridized carbons (Fsp3) is 0.263. The summed E-state index contributed by atoms with van der Waals surface area (Å²) in [4.78, 5) is 19.2. The molecule has 7 nitrogen and oxygen atoms in total. The standard InChI is InChI=1S/C38H37N3O4/c1-43-38(42)45-35-25-39-37-36(34-12-5-3-8-29(34)20-24-41(35)37)30-18-22-40(23-19-30)21-17-27-13-15-32(16-14-27)44-26-31-10-6-9-28-7-2-4-11-33(28)31/h2-16,25H,17-24,26H2,1H3. The number of fused-ring (bicyclic) bond motifs is 3. The molecule has 7 heteroatoms. The van der Waals surface area contributed by atoms with Gasteiger partial charge < -0.3 is 19.1 Å². The predicted octanol–water partition coefficient (Wildman–Crippen LogP) is 7.46. The van der Waals surface area contributed by atoms with Crippen molar-refractivity contribution in [3.63, 3.8) is 0 Å². The number of piperidine rings is 1. The highest BCUT2D eigenvalue weighted by Crippen LogP contribution is 2.37. The Hall–Kier alpha value is -4.88. The summed E-state index contributed by atoms with van der Waals surface area (Å²) >= 11 is 0. The van der Waals surface area contributed by atoms with Gasteiger partial charge in [0.25, 0.3) is 0 Å². The number of benzene rings is 4. The first-order chi connectivity index (χ1) is 22.2. The molecule has 45 heavy (non-hydrogen) atoms. The van der Waals surface area contributed by atoms with E-state index in [4.69, 9.17) is 19.2 Å². The molecule has 0 bridgehead atoms. The van der Waals surface area contributed by atoms with Gasteiger partial charge in [0.2, 0.25) is 5.88 Å². The summed E-state index contributed by atoms with van der Waals surface area (Å²) in [6, 6.07) is 31.9. The third-order valence-electron chi connectivity index (χ3n) is 9.02. The number of hydrogen-bond acceptors (Lipinski definition) is 6. The van der Waals surface area contributed by atoms with E-state index < -0.39 is 6.16 Å². The van der Waals surface area contributed by atoms with E-state index in [-0.39, 0.29) is 0 Å². The lowest BCUT2D eigenvalue weighted by Crippen LogP contribution is -2.33. The van der Waals surface area contributed by atoms with E-state index in [1.165, 1.54) is 51.3 Å². The zero-order valence-electron chi connectivity index (χ0n) is 25.6. The van der Waals surface area contributed by atoms with Crippen molar-refractivity contribution in [2.24, 2.45) is 0 Å². The summed E-state index contributed by atoms with van der Waals surface area (Å²) in [5.41, 5.74) is 7.63. The quantitative estimate of drug-likeness (QED) is 0.181. The number of aromatic nitrogens is 2. The summed E-state index contributed by atoms with van der Waals surface area (Å²) in [6.07, 6.45) is 4.69. The van der Waals surface area contributed by atoms with Gasteiger partial charge in [-0.2, -0.15) is 0 Å². The van der Waals surface area contributed by atoms with E-state index in [1.807, 2.05) is 4.57 Å². The SMILES string of the molecule is COC(=O)Oc1cnc2n1CCc1ccccc1C2=C1CCN(CCc2ccc(OCc3cccc4ccccc34)cc2)CC1. The first-order valence-corrected chi connectivity index (χ1v) is 15.7. The van der Waals surface area contributed by atoms with Gasteiger partial charge in [0.15, 0.2) is 0 Å². The molecule has 2 aliphatic rings. The molecule has 1 saturated heterocycles. The Balaban J connectivity index is 0.993. The lowest BCUT2D eigenvalue weighted by atomic mass is 9.90. The largest absolute Gasteiger partial charge is 0.514 e. The summed E-state index contributed by atoms with van der Waals surface area (Å²) in [5, 5.41) is 2.47. The van der Waals surface area contributed by atoms with Gasteiger partial charge in [-0.25, -0.2) is 9.78 Å². The molecule has 4 aromatic carbocycles. The van der Waals surface area contributed by atoms with Gasteiger partial charge in [-0.3, -0.25) is 4.57 Å². The minimum atomic E-state index is -0.731. The zero-order valence-corrected chi connectivity index (χ0v) is 25.6. The number of ether oxygens (including phenoxy) is 3. The Morgan fingerprint density at radius 3 is 2.47 bits per heavy atom. The number of nitrogens with zero attached hydrogens (tertiary/aromatic N) is 3. The van der Waals surface area contributed by atoms with E-state index >= 15 is 0 Å². The second kappa shape index (κ2) is 13.0. The minimum Gasteiger partial charge on any atom is -0.489 e. The lowest BCUT2D eigenvalue weighted by Gasteiger charge is -2.30. The van der Waals surface area contributed by atoms with Crippen molar-refractivity contribution in [2.45, 2.75) is 38.8 Å². The molecule has 0 N–H and O–H groups in total. The molecule has 5 aromatic rings. The number of rotatable bonds is 7. The van der Waals surface area contributed by atoms with Crippen LogP contribution in [-0.2, 0) is 30.7 Å². The molecule has 3 heterocycles. The average molecular weight is 600 g/mol. The molecule has 7 rings (SSSR count). The van der Waals surface area contributed by atoms with E-state index in [0.717, 1.165) is 56.9 Å². The van der Waals surface area contributed by atoms with Crippen LogP contribution in [0, 0.1) is 0 Å². The molecule has 0 unspecified atom stereocenters. The van der Waals surface area contributed by atoms with Crippen molar-refractivity contribution in [2.75, 3.05) is 26.7 Å². The van der Waals surface area contributed by atoms with Crippen molar-refractivity contribution in [1.29, 1.82) is 0 Å². The van der Waals surface area contributed by atoms with Gasteiger partial charge in [0, 0.05) is 31.8 Å². The number of hydrogen-bond donors (Lipinski definition) is 0. The van der Waals surface area contributed by atoms with Gasteiger partial charge in [-0.15, -0.1) is 0 Å². The maximum atomic E-state index is 11.9. The van der Waals surface area contributed by atoms with Crippen LogP contribution < -0.4 is 9.47 Å². The first-order valence-electron chi connectivity index (χ1n) is 15.7. The van der Waals surface area contributed by atoms with E-state index in [9.17, 15) is 4.79 Å². The smallest absolute Gasteiger partial charge is 0.489 e. The molecule has 1 fully saturated rings. The fourth-order valence-electron chi connectivity index (χ4n) is 6.58. The van der Waals surface area contributed by atoms with Crippen molar-refractivity contribution in [3.8, 4) is 11.6 Å². The summed E-state index contributed by atoms with van der Waals surface area (Å²) < 4.78 is 18.3. The van der Waals surface area contributed by atoms with E-state index in [0.29, 0.717) is 19.0 Å². The molecular weight excluding hydrogens is 562 g/mol. The molecule has 0 radical (unpaired) electrons. The molecule has 1 aromatic heterocycles. The van der Waals surface area contributed by atoms with Crippen LogP contribution in [0.4, 0.5) is 4.79 Å². The summed E-state index contributed by atoms with van der Waals surface area (Å²) in [7, 11) is 1.32. The zero-order chi connectivity index (χ0) is 30.6. The van der Waals surface area contributed by atoms with Gasteiger partial charge >= 0.3 is 6.16 Å². The van der Waals surface area contributed by atoms with Crippen LogP contribution in [0.25, 0.3) is 16.3 Å². The fourth-order valence-corrected chi connectivity index (χ4v) is 6.58. The van der Waals surface area contributed by atoms with Crippen LogP contribution in [0.2, 0.25) is 0 Å². The summed E-state index contributed by atoms with van der Waals surface area (Å²) in [6.45, 7) is 4.26. The molecule has 0 spiro atoms. The van der Waals surface area contributed by atoms with Crippen LogP contribution >= 0.6 is 0 Å². The maximum absolute atomic E-state index is 11.9. The van der Waals surface area contributed by atoms with Crippen molar-refractivity contribution >= 4 is 22.5 Å². The van der Waals surface area contributed by atoms with Gasteiger partial charge in [0.1, 0.15) is 18.2 Å². The Kier molecular flexibility index (Phi) is 8.34. The summed E-state index contributed by atoms with van der Waals surface area (Å²) in [5.74, 6) is 2.18. The van der Waals surface area contributed by atoms with E-state index in [1.54, 1.807) is 6.20 Å². The third kappa shape index (κ3) is 6.22. The molecule has 0 saturated carbocycles. The lowest BCUT2D eigenvalue weighted by molar-refractivity contribution is 0.118. The highest BCUT2D eigenvalue weighted by molar-refractivity contribution is 5.85. The van der Waals surface area contributed by atoms with Gasteiger partial charge in [-0.05, 0) is 70.8 Å². The maximum Gasteiger partial charge on any atom is 0.514 e. The molecule has 228 valence electrons. The average Bonchev–Trinajstić information content (AvgIpc) is 3.39. The van der Waals surface area contributed by atoms with E-state index in [2.05, 4.69) is 95.9 Å². The van der Waals surface area contributed by atoms with Crippen LogP contribution in [0.1, 0.15) is 40.9 Å². The Bertz CT molecular complexity index is 1840.